The van der Waals surface area contributed by atoms with E-state index in [1.54, 1.807) is 0 Å². The molecule has 2 unspecified atom stereocenters. The van der Waals surface area contributed by atoms with Gasteiger partial charge in [0.15, 0.2) is 0 Å². The van der Waals surface area contributed by atoms with E-state index in [1.807, 2.05) is 0 Å². The Labute approximate surface area is 98.4 Å². The Morgan fingerprint density at radius 1 is 1.38 bits per heavy atom. The zero-order valence-electron chi connectivity index (χ0n) is 10.1. The first kappa shape index (κ1) is 11.6. The van der Waals surface area contributed by atoms with Crippen molar-refractivity contribution in [2.24, 2.45) is 11.7 Å². The van der Waals surface area contributed by atoms with Gasteiger partial charge in [0.05, 0.1) is 0 Å². The zero-order valence-corrected chi connectivity index (χ0v) is 10.1. The maximum atomic E-state index is 5.78. The summed E-state index contributed by atoms with van der Waals surface area (Å²) < 4.78 is 0. The highest BCUT2D eigenvalue weighted by Gasteiger charge is 2.28. The van der Waals surface area contributed by atoms with E-state index < -0.39 is 0 Å². The molecule has 2 nitrogen and oxygen atoms in total. The molecule has 1 heterocycles. The minimum absolute atomic E-state index is 0.617. The molecule has 1 aliphatic rings. The number of nitrogens with zero attached hydrogens (tertiary/aromatic N) is 1. The fourth-order valence-electron chi connectivity index (χ4n) is 2.67. The molecule has 1 aromatic carbocycles. The Balaban J connectivity index is 1.99. The molecule has 0 bridgehead atoms. The van der Waals surface area contributed by atoms with Gasteiger partial charge in [0.1, 0.15) is 0 Å². The van der Waals surface area contributed by atoms with Crippen molar-refractivity contribution in [1.82, 2.24) is 4.90 Å². The second-order valence-corrected chi connectivity index (χ2v) is 4.88. The van der Waals surface area contributed by atoms with Gasteiger partial charge in [0.2, 0.25) is 0 Å². The number of hydrogen-bond donors (Lipinski definition) is 1. The number of rotatable bonds is 4. The van der Waals surface area contributed by atoms with Crippen molar-refractivity contribution in [3.8, 4) is 0 Å². The Bertz CT molecular complexity index is 310. The van der Waals surface area contributed by atoms with Crippen molar-refractivity contribution in [2.75, 3.05) is 13.1 Å². The van der Waals surface area contributed by atoms with Crippen LogP contribution in [0, 0.1) is 5.92 Å². The van der Waals surface area contributed by atoms with Crippen LogP contribution in [0.25, 0.3) is 0 Å². The second kappa shape index (κ2) is 5.46. The van der Waals surface area contributed by atoms with Crippen LogP contribution in [0.15, 0.2) is 30.3 Å². The van der Waals surface area contributed by atoms with E-state index in [9.17, 15) is 0 Å². The molecule has 0 radical (unpaired) electrons. The lowest BCUT2D eigenvalue weighted by atomic mass is 9.99. The third-order valence-electron chi connectivity index (χ3n) is 3.67. The van der Waals surface area contributed by atoms with Crippen LogP contribution in [0.1, 0.15) is 25.3 Å². The minimum atomic E-state index is 0.617. The van der Waals surface area contributed by atoms with Crippen molar-refractivity contribution < 1.29 is 0 Å². The molecule has 88 valence electrons. The average Bonchev–Trinajstić information content (AvgIpc) is 2.77. The molecule has 2 heteroatoms. The predicted octanol–water partition coefficient (Wildman–Crippen LogP) is 2.25. The average molecular weight is 218 g/mol. The van der Waals surface area contributed by atoms with Gasteiger partial charge in [-0.1, -0.05) is 37.3 Å². The fourth-order valence-corrected chi connectivity index (χ4v) is 2.67. The monoisotopic (exact) mass is 218 g/mol. The molecule has 0 spiro atoms. The molecule has 2 rings (SSSR count). The molecule has 0 amide bonds. The van der Waals surface area contributed by atoms with E-state index in [0.29, 0.717) is 12.0 Å². The fraction of sp³-hybridized carbons (Fsp3) is 0.571. The first-order valence-electron chi connectivity index (χ1n) is 6.29. The van der Waals surface area contributed by atoms with Crippen LogP contribution in [-0.4, -0.2) is 24.0 Å². The first-order chi connectivity index (χ1) is 7.81. The number of nitrogens with two attached hydrogens (primary N) is 1. The van der Waals surface area contributed by atoms with Gasteiger partial charge in [-0.15, -0.1) is 0 Å². The predicted molar refractivity (Wildman–Crippen MR) is 68.1 cm³/mol. The maximum Gasteiger partial charge on any atom is 0.0236 e. The van der Waals surface area contributed by atoms with E-state index in [4.69, 9.17) is 5.73 Å². The molecule has 1 aromatic rings. The van der Waals surface area contributed by atoms with Crippen molar-refractivity contribution in [1.29, 1.82) is 0 Å². The van der Waals surface area contributed by atoms with Crippen LogP contribution in [0.4, 0.5) is 0 Å². The van der Waals surface area contributed by atoms with Gasteiger partial charge >= 0.3 is 0 Å². The van der Waals surface area contributed by atoms with Gasteiger partial charge in [-0.2, -0.15) is 0 Å². The molecular formula is C14H22N2. The van der Waals surface area contributed by atoms with Crippen LogP contribution in [0.3, 0.4) is 0 Å². The summed E-state index contributed by atoms with van der Waals surface area (Å²) in [5, 5.41) is 0. The Morgan fingerprint density at radius 2 is 2.12 bits per heavy atom. The molecule has 0 aromatic heterocycles. The quantitative estimate of drug-likeness (QED) is 0.840. The summed E-state index contributed by atoms with van der Waals surface area (Å²) in [5.41, 5.74) is 7.20. The van der Waals surface area contributed by atoms with Gasteiger partial charge in [0, 0.05) is 12.6 Å². The summed E-state index contributed by atoms with van der Waals surface area (Å²) in [7, 11) is 0. The highest BCUT2D eigenvalue weighted by atomic mass is 15.2. The van der Waals surface area contributed by atoms with Gasteiger partial charge in [0.25, 0.3) is 0 Å². The zero-order chi connectivity index (χ0) is 11.4. The SMILES string of the molecule is CC(CN)C1CCCN1Cc1ccccc1. The third-order valence-corrected chi connectivity index (χ3v) is 3.67. The maximum absolute atomic E-state index is 5.78. The van der Waals surface area contributed by atoms with Crippen LogP contribution >= 0.6 is 0 Å². The summed E-state index contributed by atoms with van der Waals surface area (Å²) in [6.45, 7) is 5.38. The number of hydrogen-bond acceptors (Lipinski definition) is 2. The molecule has 0 aliphatic carbocycles. The number of benzene rings is 1. The van der Waals surface area contributed by atoms with E-state index in [0.717, 1.165) is 13.1 Å². The molecule has 1 aliphatic heterocycles. The van der Waals surface area contributed by atoms with Crippen LogP contribution in [-0.2, 0) is 6.54 Å². The minimum Gasteiger partial charge on any atom is -0.330 e. The Kier molecular flexibility index (Phi) is 3.97. The Morgan fingerprint density at radius 3 is 2.81 bits per heavy atom. The molecule has 1 saturated heterocycles. The smallest absolute Gasteiger partial charge is 0.0236 e. The van der Waals surface area contributed by atoms with Crippen molar-refractivity contribution in [3.63, 3.8) is 0 Å². The largest absolute Gasteiger partial charge is 0.330 e. The molecule has 16 heavy (non-hydrogen) atoms. The summed E-state index contributed by atoms with van der Waals surface area (Å²) in [6, 6.07) is 11.4. The van der Waals surface area contributed by atoms with Gasteiger partial charge in [-0.25, -0.2) is 0 Å². The summed E-state index contributed by atoms with van der Waals surface area (Å²) in [6.07, 6.45) is 2.63. The highest BCUT2D eigenvalue weighted by Crippen LogP contribution is 2.25. The van der Waals surface area contributed by atoms with E-state index in [2.05, 4.69) is 42.2 Å². The highest BCUT2D eigenvalue weighted by molar-refractivity contribution is 5.14. The third kappa shape index (κ3) is 2.63. The van der Waals surface area contributed by atoms with Crippen LogP contribution < -0.4 is 5.73 Å². The first-order valence-corrected chi connectivity index (χ1v) is 6.29. The molecule has 2 atom stereocenters. The number of likely N-dealkylation sites (tertiary alicyclic amines) is 1. The topological polar surface area (TPSA) is 29.3 Å². The molecule has 0 saturated carbocycles. The van der Waals surface area contributed by atoms with Crippen molar-refractivity contribution >= 4 is 0 Å². The lowest BCUT2D eigenvalue weighted by Gasteiger charge is -2.28. The molecule has 2 N–H and O–H groups in total. The van der Waals surface area contributed by atoms with Crippen LogP contribution in [0.2, 0.25) is 0 Å². The summed E-state index contributed by atoms with van der Waals surface area (Å²) in [4.78, 5) is 2.59. The van der Waals surface area contributed by atoms with Crippen molar-refractivity contribution in [2.45, 2.75) is 32.4 Å². The van der Waals surface area contributed by atoms with Gasteiger partial charge < -0.3 is 5.73 Å². The van der Waals surface area contributed by atoms with Crippen LogP contribution in [0.5, 0.6) is 0 Å². The summed E-state index contributed by atoms with van der Waals surface area (Å²) >= 11 is 0. The normalized spacial score (nSPS) is 23.5. The lowest BCUT2D eigenvalue weighted by Crippen LogP contribution is -2.37. The standard InChI is InChI=1S/C14H22N2/c1-12(10-15)14-8-5-9-16(14)11-13-6-3-2-4-7-13/h2-4,6-7,12,14H,5,8-11,15H2,1H3. The lowest BCUT2D eigenvalue weighted by molar-refractivity contribution is 0.193. The molecular weight excluding hydrogens is 196 g/mol. The van der Waals surface area contributed by atoms with Crippen molar-refractivity contribution in [3.05, 3.63) is 35.9 Å². The Hall–Kier alpha value is -0.860. The van der Waals surface area contributed by atoms with E-state index in [-0.39, 0.29) is 0 Å². The summed E-state index contributed by atoms with van der Waals surface area (Å²) in [5.74, 6) is 0.617. The van der Waals surface area contributed by atoms with E-state index in [1.165, 1.54) is 24.9 Å². The second-order valence-electron chi connectivity index (χ2n) is 4.88. The van der Waals surface area contributed by atoms with E-state index >= 15 is 0 Å². The molecule has 1 fully saturated rings. The van der Waals surface area contributed by atoms with Gasteiger partial charge in [-0.05, 0) is 37.4 Å². The van der Waals surface area contributed by atoms with Gasteiger partial charge in [-0.3, -0.25) is 4.90 Å².